The van der Waals surface area contributed by atoms with E-state index in [1.807, 2.05) is 13.8 Å². The normalized spacial score (nSPS) is 10.5. The molecule has 0 heterocycles. The van der Waals surface area contributed by atoms with Gasteiger partial charge < -0.3 is 11.1 Å². The number of hydrogen-bond donors (Lipinski definition) is 2. The van der Waals surface area contributed by atoms with Crippen LogP contribution in [0.4, 0.5) is 11.4 Å². The van der Waals surface area contributed by atoms with Gasteiger partial charge in [-0.05, 0) is 23.4 Å². The number of rotatable bonds is 4. The number of anilines is 2. The number of amides is 1. The van der Waals surface area contributed by atoms with Gasteiger partial charge in [0.2, 0.25) is 5.91 Å². The summed E-state index contributed by atoms with van der Waals surface area (Å²) >= 11 is 7.51. The molecule has 0 saturated carbocycles. The Morgan fingerprint density at radius 1 is 1.56 bits per heavy atom. The van der Waals surface area contributed by atoms with Gasteiger partial charge in [-0.15, -0.1) is 11.8 Å². The Morgan fingerprint density at radius 3 is 2.88 bits per heavy atom. The van der Waals surface area contributed by atoms with Crippen molar-refractivity contribution < 1.29 is 4.79 Å². The van der Waals surface area contributed by atoms with Gasteiger partial charge in [0, 0.05) is 5.69 Å². The largest absolute Gasteiger partial charge is 0.399 e. The van der Waals surface area contributed by atoms with Crippen LogP contribution < -0.4 is 11.1 Å². The van der Waals surface area contributed by atoms with E-state index in [2.05, 4.69) is 5.32 Å². The summed E-state index contributed by atoms with van der Waals surface area (Å²) in [5.74, 6) is 0.356. The number of thioether (sulfide) groups is 1. The van der Waals surface area contributed by atoms with Crippen molar-refractivity contribution in [2.75, 3.05) is 16.8 Å². The average Bonchev–Trinajstić information content (AvgIpc) is 2.20. The highest BCUT2D eigenvalue weighted by Crippen LogP contribution is 2.24. The van der Waals surface area contributed by atoms with Crippen LogP contribution in [0.1, 0.15) is 13.8 Å². The standard InChI is InChI=1S/C11H15ClN2OS/c1-7(2)16-6-11(15)14-10-5-8(13)3-4-9(10)12/h3-5,7H,6,13H2,1-2H3,(H,14,15). The lowest BCUT2D eigenvalue weighted by Gasteiger charge is -2.08. The Hall–Kier alpha value is -0.870. The molecule has 0 saturated heterocycles. The van der Waals surface area contributed by atoms with Crippen molar-refractivity contribution in [3.05, 3.63) is 23.2 Å². The van der Waals surface area contributed by atoms with Gasteiger partial charge in [0.15, 0.2) is 0 Å². The smallest absolute Gasteiger partial charge is 0.234 e. The minimum absolute atomic E-state index is 0.0637. The molecule has 0 bridgehead atoms. The SMILES string of the molecule is CC(C)SCC(=O)Nc1cc(N)ccc1Cl. The Kier molecular flexibility index (Phi) is 4.96. The summed E-state index contributed by atoms with van der Waals surface area (Å²) in [6.45, 7) is 4.09. The third-order valence-electron chi connectivity index (χ3n) is 1.81. The van der Waals surface area contributed by atoms with Gasteiger partial charge in [0.05, 0.1) is 16.5 Å². The van der Waals surface area contributed by atoms with Gasteiger partial charge in [0.25, 0.3) is 0 Å². The highest BCUT2D eigenvalue weighted by Gasteiger charge is 2.07. The molecule has 3 N–H and O–H groups in total. The summed E-state index contributed by atoms with van der Waals surface area (Å²) in [7, 11) is 0. The second kappa shape index (κ2) is 6.01. The topological polar surface area (TPSA) is 55.1 Å². The molecule has 1 amide bonds. The van der Waals surface area contributed by atoms with Crippen LogP contribution in [0.15, 0.2) is 18.2 Å². The van der Waals surface area contributed by atoms with Crippen LogP contribution in [0.2, 0.25) is 5.02 Å². The first-order valence-corrected chi connectivity index (χ1v) is 6.38. The molecule has 0 aliphatic carbocycles. The Balaban J connectivity index is 2.59. The average molecular weight is 259 g/mol. The van der Waals surface area contributed by atoms with Crippen LogP contribution in [-0.2, 0) is 4.79 Å². The van der Waals surface area contributed by atoms with E-state index in [0.717, 1.165) is 0 Å². The fraction of sp³-hybridized carbons (Fsp3) is 0.364. The maximum atomic E-state index is 11.5. The zero-order valence-electron chi connectivity index (χ0n) is 9.29. The van der Waals surface area contributed by atoms with Crippen molar-refractivity contribution in [1.29, 1.82) is 0 Å². The van der Waals surface area contributed by atoms with Gasteiger partial charge in [-0.2, -0.15) is 0 Å². The monoisotopic (exact) mass is 258 g/mol. The molecule has 0 atom stereocenters. The predicted molar refractivity (Wildman–Crippen MR) is 72.1 cm³/mol. The van der Waals surface area contributed by atoms with Gasteiger partial charge >= 0.3 is 0 Å². The molecule has 1 aromatic rings. The van der Waals surface area contributed by atoms with E-state index in [4.69, 9.17) is 17.3 Å². The quantitative estimate of drug-likeness (QED) is 0.817. The van der Waals surface area contributed by atoms with E-state index in [1.54, 1.807) is 30.0 Å². The molecule has 0 aliphatic heterocycles. The van der Waals surface area contributed by atoms with Crippen LogP contribution >= 0.6 is 23.4 Å². The zero-order chi connectivity index (χ0) is 12.1. The summed E-state index contributed by atoms with van der Waals surface area (Å²) in [6.07, 6.45) is 0. The Morgan fingerprint density at radius 2 is 2.25 bits per heavy atom. The minimum atomic E-state index is -0.0637. The molecule has 0 radical (unpaired) electrons. The number of carbonyl (C=O) groups is 1. The molecular formula is C11H15ClN2OS. The highest BCUT2D eigenvalue weighted by molar-refractivity contribution is 8.00. The van der Waals surface area contributed by atoms with Gasteiger partial charge in [-0.1, -0.05) is 25.4 Å². The number of benzene rings is 1. The summed E-state index contributed by atoms with van der Waals surface area (Å²) in [5, 5.41) is 3.66. The van der Waals surface area contributed by atoms with Crippen molar-refractivity contribution in [1.82, 2.24) is 0 Å². The van der Waals surface area contributed by atoms with Crippen LogP contribution in [0.25, 0.3) is 0 Å². The molecular weight excluding hydrogens is 244 g/mol. The fourth-order valence-electron chi connectivity index (χ4n) is 1.07. The number of nitrogen functional groups attached to an aromatic ring is 1. The van der Waals surface area contributed by atoms with Crippen molar-refractivity contribution in [2.24, 2.45) is 0 Å². The third-order valence-corrected chi connectivity index (χ3v) is 3.24. The van der Waals surface area contributed by atoms with Crippen LogP contribution in [-0.4, -0.2) is 16.9 Å². The first-order chi connectivity index (χ1) is 7.49. The van der Waals surface area contributed by atoms with Crippen molar-refractivity contribution in [2.45, 2.75) is 19.1 Å². The van der Waals surface area contributed by atoms with Crippen molar-refractivity contribution >= 4 is 40.6 Å². The van der Waals surface area contributed by atoms with Crippen LogP contribution in [0.3, 0.4) is 0 Å². The molecule has 3 nitrogen and oxygen atoms in total. The van der Waals surface area contributed by atoms with E-state index in [1.165, 1.54) is 0 Å². The lowest BCUT2D eigenvalue weighted by molar-refractivity contribution is -0.113. The Bertz CT molecular complexity index is 382. The second-order valence-electron chi connectivity index (χ2n) is 3.65. The van der Waals surface area contributed by atoms with Gasteiger partial charge in [0.1, 0.15) is 0 Å². The first kappa shape index (κ1) is 13.2. The molecule has 0 spiro atoms. The summed E-state index contributed by atoms with van der Waals surface area (Å²) < 4.78 is 0. The lowest BCUT2D eigenvalue weighted by Crippen LogP contribution is -2.15. The molecule has 0 unspecified atom stereocenters. The van der Waals surface area contributed by atoms with Crippen molar-refractivity contribution in [3.63, 3.8) is 0 Å². The maximum absolute atomic E-state index is 11.5. The number of hydrogen-bond acceptors (Lipinski definition) is 3. The summed E-state index contributed by atoms with van der Waals surface area (Å²) in [4.78, 5) is 11.5. The number of nitrogens with one attached hydrogen (secondary N) is 1. The number of halogens is 1. The number of nitrogens with two attached hydrogens (primary N) is 1. The van der Waals surface area contributed by atoms with E-state index in [-0.39, 0.29) is 5.91 Å². The molecule has 0 aliphatic rings. The predicted octanol–water partition coefficient (Wildman–Crippen LogP) is 3.00. The molecule has 88 valence electrons. The lowest BCUT2D eigenvalue weighted by atomic mass is 10.3. The molecule has 16 heavy (non-hydrogen) atoms. The highest BCUT2D eigenvalue weighted by atomic mass is 35.5. The van der Waals surface area contributed by atoms with Gasteiger partial charge in [-0.25, -0.2) is 0 Å². The molecule has 0 fully saturated rings. The van der Waals surface area contributed by atoms with Crippen molar-refractivity contribution in [3.8, 4) is 0 Å². The second-order valence-corrected chi connectivity index (χ2v) is 5.62. The maximum Gasteiger partial charge on any atom is 0.234 e. The molecule has 1 rings (SSSR count). The van der Waals surface area contributed by atoms with E-state index in [9.17, 15) is 4.79 Å². The zero-order valence-corrected chi connectivity index (χ0v) is 10.9. The van der Waals surface area contributed by atoms with E-state index in [0.29, 0.717) is 27.4 Å². The summed E-state index contributed by atoms with van der Waals surface area (Å²) in [5.41, 5.74) is 6.76. The number of carbonyl (C=O) groups excluding carboxylic acids is 1. The van der Waals surface area contributed by atoms with Crippen LogP contribution in [0.5, 0.6) is 0 Å². The van der Waals surface area contributed by atoms with Gasteiger partial charge in [-0.3, -0.25) is 4.79 Å². The first-order valence-electron chi connectivity index (χ1n) is 4.95. The van der Waals surface area contributed by atoms with E-state index >= 15 is 0 Å². The molecule has 5 heteroatoms. The van der Waals surface area contributed by atoms with Crippen LogP contribution in [0, 0.1) is 0 Å². The molecule has 0 aromatic heterocycles. The van der Waals surface area contributed by atoms with E-state index < -0.39 is 0 Å². The molecule has 1 aromatic carbocycles. The third kappa shape index (κ3) is 4.33. The fourth-order valence-corrected chi connectivity index (χ4v) is 1.79. The minimum Gasteiger partial charge on any atom is -0.399 e. The Labute approximate surface area is 105 Å². The summed E-state index contributed by atoms with van der Waals surface area (Å²) in [6, 6.07) is 5.02.